The van der Waals surface area contributed by atoms with Crippen molar-refractivity contribution in [3.05, 3.63) is 90.0 Å². The summed E-state index contributed by atoms with van der Waals surface area (Å²) in [5.41, 5.74) is 2.94. The normalized spacial score (nSPS) is 10.9. The molecule has 0 unspecified atom stereocenters. The fraction of sp³-hybridized carbons (Fsp3) is 0.136. The lowest BCUT2D eigenvalue weighted by molar-refractivity contribution is 0.290. The predicted octanol–water partition coefficient (Wildman–Crippen LogP) is 4.81. The summed E-state index contributed by atoms with van der Waals surface area (Å²) >= 11 is 0. The lowest BCUT2D eigenvalue weighted by Gasteiger charge is -2.11. The van der Waals surface area contributed by atoms with Crippen LogP contribution in [0.25, 0.3) is 11.0 Å². The Kier molecular flexibility index (Phi) is 4.75. The minimum absolute atomic E-state index is 0.239. The summed E-state index contributed by atoms with van der Waals surface area (Å²) in [4.78, 5) is 4.71. The molecule has 0 aliphatic heterocycles. The molecule has 0 atom stereocenters. The number of hydrogen-bond donors (Lipinski definition) is 0. The van der Waals surface area contributed by atoms with Crippen molar-refractivity contribution in [2.75, 3.05) is 7.11 Å². The van der Waals surface area contributed by atoms with Gasteiger partial charge >= 0.3 is 0 Å². The van der Waals surface area contributed by atoms with E-state index in [1.54, 1.807) is 19.2 Å². The number of aromatic nitrogens is 2. The summed E-state index contributed by atoms with van der Waals surface area (Å²) in [6.45, 7) is 0.935. The second-order valence-electron chi connectivity index (χ2n) is 6.19. The summed E-state index contributed by atoms with van der Waals surface area (Å²) in [6, 6.07) is 21.9. The number of rotatable bonds is 6. The first-order valence-electron chi connectivity index (χ1n) is 8.68. The van der Waals surface area contributed by atoms with Gasteiger partial charge in [0.2, 0.25) is 0 Å². The molecule has 4 rings (SSSR count). The van der Waals surface area contributed by atoms with E-state index in [2.05, 4.69) is 4.57 Å². The van der Waals surface area contributed by atoms with E-state index >= 15 is 0 Å². The van der Waals surface area contributed by atoms with E-state index in [4.69, 9.17) is 14.5 Å². The van der Waals surface area contributed by atoms with Crippen LogP contribution in [0.5, 0.6) is 11.5 Å². The zero-order chi connectivity index (χ0) is 18.6. The van der Waals surface area contributed by atoms with Crippen LogP contribution in [0.15, 0.2) is 72.8 Å². The fourth-order valence-corrected chi connectivity index (χ4v) is 3.00. The van der Waals surface area contributed by atoms with Gasteiger partial charge in [0.25, 0.3) is 0 Å². The first kappa shape index (κ1) is 17.1. The smallest absolute Gasteiger partial charge is 0.148 e. The van der Waals surface area contributed by atoms with Gasteiger partial charge in [0.15, 0.2) is 0 Å². The highest BCUT2D eigenvalue weighted by Crippen LogP contribution is 2.21. The standard InChI is InChI=1S/C22H19FN2O2/c1-26-18-10-12-19(13-11-18)27-15-22-24-20-4-2-3-5-21(20)25(22)14-16-6-8-17(23)9-7-16/h2-13H,14-15H2,1H3. The molecule has 0 radical (unpaired) electrons. The minimum atomic E-state index is -0.239. The van der Waals surface area contributed by atoms with Gasteiger partial charge in [0.05, 0.1) is 18.1 Å². The van der Waals surface area contributed by atoms with Crippen LogP contribution in [0.1, 0.15) is 11.4 Å². The minimum Gasteiger partial charge on any atom is -0.497 e. The maximum atomic E-state index is 13.2. The topological polar surface area (TPSA) is 36.3 Å². The first-order chi connectivity index (χ1) is 13.2. The van der Waals surface area contributed by atoms with Crippen LogP contribution in [0, 0.1) is 5.82 Å². The van der Waals surface area contributed by atoms with Crippen molar-refractivity contribution in [1.82, 2.24) is 9.55 Å². The number of halogens is 1. The maximum Gasteiger partial charge on any atom is 0.148 e. The molecule has 4 nitrogen and oxygen atoms in total. The first-order valence-corrected chi connectivity index (χ1v) is 8.68. The Balaban J connectivity index is 1.61. The Morgan fingerprint density at radius 3 is 2.33 bits per heavy atom. The van der Waals surface area contributed by atoms with Crippen LogP contribution < -0.4 is 9.47 Å². The molecule has 0 spiro atoms. The molecule has 0 saturated carbocycles. The van der Waals surface area contributed by atoms with Crippen molar-refractivity contribution in [2.45, 2.75) is 13.2 Å². The Bertz CT molecular complexity index is 1040. The number of para-hydroxylation sites is 2. The third kappa shape index (κ3) is 3.77. The van der Waals surface area contributed by atoms with E-state index in [9.17, 15) is 4.39 Å². The number of ether oxygens (including phenoxy) is 2. The maximum absolute atomic E-state index is 13.2. The average molecular weight is 362 g/mol. The lowest BCUT2D eigenvalue weighted by atomic mass is 10.2. The molecule has 136 valence electrons. The molecule has 1 heterocycles. The molecule has 3 aromatic carbocycles. The molecule has 0 aliphatic carbocycles. The van der Waals surface area contributed by atoms with Gasteiger partial charge in [-0.1, -0.05) is 24.3 Å². The van der Waals surface area contributed by atoms with E-state index < -0.39 is 0 Å². The van der Waals surface area contributed by atoms with Crippen LogP contribution in [0.3, 0.4) is 0 Å². The van der Waals surface area contributed by atoms with E-state index in [-0.39, 0.29) is 5.82 Å². The molecule has 27 heavy (non-hydrogen) atoms. The Labute approximate surface area is 156 Å². The molecule has 0 fully saturated rings. The number of benzene rings is 3. The highest BCUT2D eigenvalue weighted by molar-refractivity contribution is 5.76. The monoisotopic (exact) mass is 362 g/mol. The Hall–Kier alpha value is -3.34. The van der Waals surface area contributed by atoms with Gasteiger partial charge in [-0.05, 0) is 54.1 Å². The van der Waals surface area contributed by atoms with Crippen LogP contribution in [0.2, 0.25) is 0 Å². The van der Waals surface area contributed by atoms with Crippen LogP contribution in [-0.4, -0.2) is 16.7 Å². The zero-order valence-electron chi connectivity index (χ0n) is 14.9. The second-order valence-corrected chi connectivity index (χ2v) is 6.19. The highest BCUT2D eigenvalue weighted by atomic mass is 19.1. The number of hydrogen-bond acceptors (Lipinski definition) is 3. The van der Waals surface area contributed by atoms with E-state index in [1.165, 1.54) is 12.1 Å². The van der Waals surface area contributed by atoms with Crippen molar-refractivity contribution in [3.63, 3.8) is 0 Å². The van der Waals surface area contributed by atoms with Crippen LogP contribution >= 0.6 is 0 Å². The highest BCUT2D eigenvalue weighted by Gasteiger charge is 2.12. The number of fused-ring (bicyclic) bond motifs is 1. The summed E-state index contributed by atoms with van der Waals surface area (Å²) in [5.74, 6) is 2.11. The lowest BCUT2D eigenvalue weighted by Crippen LogP contribution is -2.08. The molecular formula is C22H19FN2O2. The molecule has 0 amide bonds. The predicted molar refractivity (Wildman–Crippen MR) is 103 cm³/mol. The van der Waals surface area contributed by atoms with Crippen molar-refractivity contribution in [3.8, 4) is 11.5 Å². The van der Waals surface area contributed by atoms with Crippen molar-refractivity contribution < 1.29 is 13.9 Å². The number of methoxy groups -OCH3 is 1. The van der Waals surface area contributed by atoms with Crippen LogP contribution in [-0.2, 0) is 13.2 Å². The molecule has 0 bridgehead atoms. The average Bonchev–Trinajstić information content (AvgIpc) is 3.06. The summed E-state index contributed by atoms with van der Waals surface area (Å²) in [6.07, 6.45) is 0. The van der Waals surface area contributed by atoms with E-state index in [0.717, 1.165) is 33.9 Å². The van der Waals surface area contributed by atoms with Gasteiger partial charge in [-0.15, -0.1) is 0 Å². The summed E-state index contributed by atoms with van der Waals surface area (Å²) in [7, 11) is 1.63. The third-order valence-corrected chi connectivity index (χ3v) is 4.41. The molecule has 0 saturated heterocycles. The summed E-state index contributed by atoms with van der Waals surface area (Å²) in [5, 5.41) is 0. The van der Waals surface area contributed by atoms with Crippen molar-refractivity contribution in [1.29, 1.82) is 0 Å². The van der Waals surface area contributed by atoms with Gasteiger partial charge in [-0.3, -0.25) is 0 Å². The van der Waals surface area contributed by atoms with Gasteiger partial charge < -0.3 is 14.0 Å². The zero-order valence-corrected chi connectivity index (χ0v) is 14.9. The number of imidazole rings is 1. The van der Waals surface area contributed by atoms with E-state index in [0.29, 0.717) is 13.2 Å². The molecule has 4 aromatic rings. The molecule has 5 heteroatoms. The Morgan fingerprint density at radius 1 is 0.889 bits per heavy atom. The van der Waals surface area contributed by atoms with Crippen LogP contribution in [0.4, 0.5) is 4.39 Å². The van der Waals surface area contributed by atoms with Gasteiger partial charge in [-0.25, -0.2) is 9.37 Å². The van der Waals surface area contributed by atoms with E-state index in [1.807, 2.05) is 48.5 Å². The molecule has 0 N–H and O–H groups in total. The number of nitrogens with zero attached hydrogens (tertiary/aromatic N) is 2. The SMILES string of the molecule is COc1ccc(OCc2nc3ccccc3n2Cc2ccc(F)cc2)cc1. The molecular weight excluding hydrogens is 343 g/mol. The largest absolute Gasteiger partial charge is 0.497 e. The van der Waals surface area contributed by atoms with Crippen molar-refractivity contribution >= 4 is 11.0 Å². The van der Waals surface area contributed by atoms with Gasteiger partial charge in [-0.2, -0.15) is 0 Å². The fourth-order valence-electron chi connectivity index (χ4n) is 3.00. The Morgan fingerprint density at radius 2 is 1.59 bits per heavy atom. The molecule has 0 aliphatic rings. The second kappa shape index (κ2) is 7.50. The third-order valence-electron chi connectivity index (χ3n) is 4.41. The van der Waals surface area contributed by atoms with Crippen molar-refractivity contribution in [2.24, 2.45) is 0 Å². The summed E-state index contributed by atoms with van der Waals surface area (Å²) < 4.78 is 26.4. The van der Waals surface area contributed by atoms with Gasteiger partial charge in [0, 0.05) is 6.54 Å². The van der Waals surface area contributed by atoms with Gasteiger partial charge in [0.1, 0.15) is 29.7 Å². The molecule has 1 aromatic heterocycles. The quantitative estimate of drug-likeness (QED) is 0.494.